The summed E-state index contributed by atoms with van der Waals surface area (Å²) in [6.45, 7) is 0. The van der Waals surface area contributed by atoms with Crippen molar-refractivity contribution in [1.82, 2.24) is 0 Å². The number of hydrogen-bond donors (Lipinski definition) is 0. The molecule has 0 heterocycles. The van der Waals surface area contributed by atoms with Crippen molar-refractivity contribution < 1.29 is 14.5 Å². The zero-order valence-corrected chi connectivity index (χ0v) is 6.37. The molecule has 0 spiro atoms. The van der Waals surface area contributed by atoms with Gasteiger partial charge in [0.2, 0.25) is 11.6 Å². The third-order valence-corrected chi connectivity index (χ3v) is 1.49. The van der Waals surface area contributed by atoms with Crippen molar-refractivity contribution >= 4 is 23.2 Å². The van der Waals surface area contributed by atoms with Gasteiger partial charge in [-0.3, -0.25) is 19.7 Å². The first-order valence-corrected chi connectivity index (χ1v) is 3.22. The lowest BCUT2D eigenvalue weighted by molar-refractivity contribution is -0.419. The van der Waals surface area contributed by atoms with Crippen molar-refractivity contribution in [3.63, 3.8) is 0 Å². The number of halogens is 1. The lowest BCUT2D eigenvalue weighted by atomic mass is 10.1. The van der Waals surface area contributed by atoms with Crippen LogP contribution in [0.5, 0.6) is 0 Å². The molecule has 1 aliphatic carbocycles. The third-order valence-electron chi connectivity index (χ3n) is 1.21. The summed E-state index contributed by atoms with van der Waals surface area (Å²) in [4.78, 5) is 30.7. The number of ketones is 2. The van der Waals surface area contributed by atoms with Crippen molar-refractivity contribution in [2.75, 3.05) is 0 Å². The Bertz CT molecular complexity index is 341. The van der Waals surface area contributed by atoms with Gasteiger partial charge in [0.1, 0.15) is 0 Å². The fourth-order valence-electron chi connectivity index (χ4n) is 0.660. The quantitative estimate of drug-likeness (QED) is 0.258. The molecule has 0 amide bonds. The first kappa shape index (κ1) is 8.61. The summed E-state index contributed by atoms with van der Waals surface area (Å²) < 4.78 is 0. The number of carbonyl (C=O) groups excluding carboxylic acids is 2. The fourth-order valence-corrected chi connectivity index (χ4v) is 0.865. The average Bonchev–Trinajstić information content (AvgIpc) is 1.99. The van der Waals surface area contributed by atoms with Crippen LogP contribution in [0, 0.1) is 10.1 Å². The van der Waals surface area contributed by atoms with Gasteiger partial charge >= 0.3 is 0 Å². The van der Waals surface area contributed by atoms with Gasteiger partial charge in [-0.15, -0.1) is 0 Å². The maximum atomic E-state index is 10.7. The molecule has 0 saturated carbocycles. The molecule has 6 heteroatoms. The highest BCUT2D eigenvalue weighted by molar-refractivity contribution is 6.60. The molecular weight excluding hydrogens is 186 g/mol. The summed E-state index contributed by atoms with van der Waals surface area (Å²) in [6.07, 6.45) is 1.50. The molecule has 12 heavy (non-hydrogen) atoms. The normalized spacial score (nSPS) is 17.1. The van der Waals surface area contributed by atoms with Gasteiger partial charge in [0, 0.05) is 6.08 Å². The molecule has 0 aromatic rings. The monoisotopic (exact) mass is 187 g/mol. The van der Waals surface area contributed by atoms with Crippen LogP contribution in [0.25, 0.3) is 0 Å². The van der Waals surface area contributed by atoms with E-state index in [1.165, 1.54) is 0 Å². The van der Waals surface area contributed by atoms with Crippen LogP contribution in [0.15, 0.2) is 22.9 Å². The first-order chi connectivity index (χ1) is 5.52. The molecule has 0 fully saturated rings. The molecule has 0 aliphatic heterocycles. The molecule has 0 aromatic heterocycles. The van der Waals surface area contributed by atoms with Crippen LogP contribution in [0.2, 0.25) is 0 Å². The number of Topliss-reactive ketones (excluding diaryl/α,β-unsaturated/α-hetero) is 1. The van der Waals surface area contributed by atoms with E-state index in [2.05, 4.69) is 0 Å². The molecule has 0 bridgehead atoms. The summed E-state index contributed by atoms with van der Waals surface area (Å²) in [5.41, 5.74) is -0.468. The second-order valence-electron chi connectivity index (χ2n) is 2.01. The second-order valence-corrected chi connectivity index (χ2v) is 2.42. The van der Waals surface area contributed by atoms with Gasteiger partial charge in [0.15, 0.2) is 0 Å². The van der Waals surface area contributed by atoms with Gasteiger partial charge in [-0.25, -0.2) is 0 Å². The van der Waals surface area contributed by atoms with Crippen molar-refractivity contribution in [2.24, 2.45) is 0 Å². The Kier molecular flexibility index (Phi) is 2.05. The minimum absolute atomic E-state index is 0.422. The summed E-state index contributed by atoms with van der Waals surface area (Å²) in [6, 6.07) is 0. The van der Waals surface area contributed by atoms with Gasteiger partial charge < -0.3 is 0 Å². The lowest BCUT2D eigenvalue weighted by Crippen LogP contribution is -2.17. The highest BCUT2D eigenvalue weighted by atomic mass is 35.5. The van der Waals surface area contributed by atoms with Crippen molar-refractivity contribution in [1.29, 1.82) is 0 Å². The van der Waals surface area contributed by atoms with E-state index in [4.69, 9.17) is 11.6 Å². The van der Waals surface area contributed by atoms with Gasteiger partial charge in [-0.2, -0.15) is 0 Å². The SMILES string of the molecule is O=C1C=C([N+](=O)[O-])C=C(Cl)C1=O. The molecule has 0 unspecified atom stereocenters. The molecule has 0 N–H and O–H groups in total. The summed E-state index contributed by atoms with van der Waals surface area (Å²) in [5.74, 6) is -1.88. The Labute approximate surface area is 71.5 Å². The van der Waals surface area contributed by atoms with Crippen LogP contribution in [0.1, 0.15) is 0 Å². The highest BCUT2D eigenvalue weighted by Crippen LogP contribution is 2.15. The van der Waals surface area contributed by atoms with E-state index >= 15 is 0 Å². The summed E-state index contributed by atoms with van der Waals surface area (Å²) >= 11 is 5.25. The van der Waals surface area contributed by atoms with Crippen LogP contribution < -0.4 is 0 Å². The Hall–Kier alpha value is -1.49. The van der Waals surface area contributed by atoms with Crippen LogP contribution >= 0.6 is 11.6 Å². The molecular formula is C6H2ClNO4. The molecule has 5 nitrogen and oxygen atoms in total. The predicted octanol–water partition coefficient (Wildman–Crippen LogP) is 0.421. The zero-order chi connectivity index (χ0) is 9.30. The molecule has 1 aliphatic rings. The molecule has 0 saturated heterocycles. The second kappa shape index (κ2) is 2.86. The minimum atomic E-state index is -0.964. The van der Waals surface area contributed by atoms with Crippen molar-refractivity contribution in [2.45, 2.75) is 0 Å². The molecule has 0 radical (unpaired) electrons. The van der Waals surface area contributed by atoms with E-state index in [1.54, 1.807) is 0 Å². The van der Waals surface area contributed by atoms with Gasteiger partial charge in [-0.05, 0) is 0 Å². The van der Waals surface area contributed by atoms with E-state index < -0.39 is 27.2 Å². The lowest BCUT2D eigenvalue weighted by Gasteiger charge is -1.99. The minimum Gasteiger partial charge on any atom is -0.285 e. The number of hydrogen-bond acceptors (Lipinski definition) is 4. The Morgan fingerprint density at radius 2 is 1.92 bits per heavy atom. The van der Waals surface area contributed by atoms with Gasteiger partial charge in [0.25, 0.3) is 5.70 Å². The van der Waals surface area contributed by atoms with E-state index in [0.717, 1.165) is 6.08 Å². The number of nitro groups is 1. The maximum absolute atomic E-state index is 10.7. The van der Waals surface area contributed by atoms with Gasteiger partial charge in [-0.1, -0.05) is 11.6 Å². The van der Waals surface area contributed by atoms with E-state index in [0.29, 0.717) is 6.08 Å². The largest absolute Gasteiger partial charge is 0.285 e. The molecule has 0 atom stereocenters. The summed E-state index contributed by atoms with van der Waals surface area (Å²) in [7, 11) is 0. The summed E-state index contributed by atoms with van der Waals surface area (Å²) in [5, 5.41) is 9.70. The highest BCUT2D eigenvalue weighted by Gasteiger charge is 2.25. The van der Waals surface area contributed by atoms with E-state index in [-0.39, 0.29) is 0 Å². The van der Waals surface area contributed by atoms with Crippen LogP contribution in [0.3, 0.4) is 0 Å². The zero-order valence-electron chi connectivity index (χ0n) is 5.61. The Morgan fingerprint density at radius 3 is 2.33 bits per heavy atom. The fraction of sp³-hybridized carbons (Fsp3) is 0. The van der Waals surface area contributed by atoms with Crippen LogP contribution in [0.4, 0.5) is 0 Å². The number of allylic oxidation sites excluding steroid dienone is 3. The first-order valence-electron chi connectivity index (χ1n) is 2.84. The molecule has 62 valence electrons. The van der Waals surface area contributed by atoms with Crippen LogP contribution in [-0.4, -0.2) is 16.5 Å². The number of carbonyl (C=O) groups is 2. The predicted molar refractivity (Wildman–Crippen MR) is 39.0 cm³/mol. The smallest absolute Gasteiger partial charge is 0.275 e. The van der Waals surface area contributed by atoms with E-state index in [9.17, 15) is 19.7 Å². The molecule has 1 rings (SSSR count). The average molecular weight is 188 g/mol. The van der Waals surface area contributed by atoms with Gasteiger partial charge in [0.05, 0.1) is 16.0 Å². The molecule has 0 aromatic carbocycles. The standard InChI is InChI=1S/C6H2ClNO4/c7-4-1-3(8(11)12)2-5(9)6(4)10/h1-2H. The number of rotatable bonds is 1. The Balaban J connectivity index is 3.11. The topological polar surface area (TPSA) is 77.3 Å². The number of nitrogens with zero attached hydrogens (tertiary/aromatic N) is 1. The Morgan fingerprint density at radius 1 is 1.33 bits per heavy atom. The van der Waals surface area contributed by atoms with Crippen LogP contribution in [-0.2, 0) is 9.59 Å². The van der Waals surface area contributed by atoms with E-state index in [1.807, 2.05) is 0 Å². The maximum Gasteiger partial charge on any atom is 0.275 e. The third kappa shape index (κ3) is 1.40. The van der Waals surface area contributed by atoms with Crippen molar-refractivity contribution in [3.05, 3.63) is 33.0 Å². The van der Waals surface area contributed by atoms with Crippen molar-refractivity contribution in [3.8, 4) is 0 Å².